The Hall–Kier alpha value is -1.78. The molecule has 2 rings (SSSR count). The molecule has 0 radical (unpaired) electrons. The Labute approximate surface area is 92.9 Å². The highest BCUT2D eigenvalue weighted by Gasteiger charge is 1.97. The molecule has 0 aliphatic heterocycles. The summed E-state index contributed by atoms with van der Waals surface area (Å²) in [5.41, 5.74) is 2.30. The molecule has 4 nitrogen and oxygen atoms in total. The van der Waals surface area contributed by atoms with Crippen molar-refractivity contribution in [3.05, 3.63) is 42.2 Å². The van der Waals surface area contributed by atoms with Gasteiger partial charge in [-0.3, -0.25) is 4.98 Å². The van der Waals surface area contributed by atoms with Gasteiger partial charge >= 0.3 is 0 Å². The van der Waals surface area contributed by atoms with E-state index in [9.17, 15) is 0 Å². The molecule has 0 amide bonds. The maximum absolute atomic E-state index is 9.15. The maximum Gasteiger partial charge on any atom is 0.0955 e. The Balaban J connectivity index is 2.29. The first kappa shape index (κ1) is 10.7. The van der Waals surface area contributed by atoms with Gasteiger partial charge in [0.05, 0.1) is 35.6 Å². The van der Waals surface area contributed by atoms with Gasteiger partial charge in [-0.05, 0) is 18.2 Å². The fourth-order valence-electron chi connectivity index (χ4n) is 1.32. The molecule has 0 spiro atoms. The molecule has 16 heavy (non-hydrogen) atoms. The minimum absolute atomic E-state index is 0.294. The third kappa shape index (κ3) is 2.42. The highest BCUT2D eigenvalue weighted by molar-refractivity contribution is 5.74. The van der Waals surface area contributed by atoms with Crippen molar-refractivity contribution in [1.82, 2.24) is 9.97 Å². The molecular weight excluding hydrogens is 204 g/mol. The number of benzene rings is 1. The lowest BCUT2D eigenvalue weighted by molar-refractivity contribution is 0.131. The zero-order chi connectivity index (χ0) is 11.4. The lowest BCUT2D eigenvalue weighted by Crippen LogP contribution is -2.06. The van der Waals surface area contributed by atoms with Crippen molar-refractivity contribution in [2.24, 2.45) is 0 Å². The third-order valence-electron chi connectivity index (χ3n) is 2.14. The van der Waals surface area contributed by atoms with Crippen LogP contribution in [0.1, 0.15) is 5.69 Å². The van der Waals surface area contributed by atoms with Crippen molar-refractivity contribution >= 4 is 17.1 Å². The van der Waals surface area contributed by atoms with Gasteiger partial charge in [-0.1, -0.05) is 18.2 Å². The Morgan fingerprint density at radius 1 is 1.25 bits per heavy atom. The van der Waals surface area contributed by atoms with Crippen LogP contribution in [0.5, 0.6) is 0 Å². The Morgan fingerprint density at radius 3 is 2.75 bits per heavy atom. The summed E-state index contributed by atoms with van der Waals surface area (Å²) in [5.74, 6) is 0. The van der Waals surface area contributed by atoms with Gasteiger partial charge in [-0.15, -0.1) is 0 Å². The van der Waals surface area contributed by atoms with Crippen molar-refractivity contribution in [2.45, 2.75) is 6.10 Å². The zero-order valence-electron chi connectivity index (χ0n) is 8.61. The molecule has 1 heterocycles. The second-order valence-electron chi connectivity index (χ2n) is 3.39. The summed E-state index contributed by atoms with van der Waals surface area (Å²) in [6.45, 7) is -0.294. The molecule has 82 valence electrons. The second kappa shape index (κ2) is 4.83. The van der Waals surface area contributed by atoms with Gasteiger partial charge in [-0.25, -0.2) is 4.98 Å². The fraction of sp³-hybridized carbons (Fsp3) is 0.167. The van der Waals surface area contributed by atoms with Gasteiger partial charge in [0.2, 0.25) is 0 Å². The van der Waals surface area contributed by atoms with E-state index in [1.165, 1.54) is 6.08 Å². The number of para-hydroxylation sites is 2. The minimum atomic E-state index is -0.853. The zero-order valence-corrected chi connectivity index (χ0v) is 8.61. The number of aromatic nitrogens is 2. The molecule has 0 aliphatic rings. The number of hydrogen-bond acceptors (Lipinski definition) is 4. The quantitative estimate of drug-likeness (QED) is 0.803. The number of aliphatic hydroxyl groups excluding tert-OH is 2. The van der Waals surface area contributed by atoms with E-state index in [1.54, 1.807) is 12.3 Å². The normalized spacial score (nSPS) is 13.4. The van der Waals surface area contributed by atoms with Crippen LogP contribution in [0.25, 0.3) is 17.1 Å². The molecule has 1 aromatic carbocycles. The fourth-order valence-corrected chi connectivity index (χ4v) is 1.32. The van der Waals surface area contributed by atoms with Crippen LogP contribution in [0.15, 0.2) is 36.5 Å². The highest BCUT2D eigenvalue weighted by Crippen LogP contribution is 2.09. The molecule has 2 N–H and O–H groups in total. The van der Waals surface area contributed by atoms with Gasteiger partial charge < -0.3 is 10.2 Å². The molecular formula is C12H12N2O2. The van der Waals surface area contributed by atoms with E-state index in [2.05, 4.69) is 9.97 Å². The van der Waals surface area contributed by atoms with Crippen LogP contribution in [0, 0.1) is 0 Å². The first-order chi connectivity index (χ1) is 7.79. The third-order valence-corrected chi connectivity index (χ3v) is 2.14. The average Bonchev–Trinajstić information content (AvgIpc) is 2.35. The largest absolute Gasteiger partial charge is 0.393 e. The number of hydrogen-bond donors (Lipinski definition) is 2. The molecule has 0 saturated heterocycles. The number of nitrogens with zero attached hydrogens (tertiary/aromatic N) is 2. The summed E-state index contributed by atoms with van der Waals surface area (Å²) in [7, 11) is 0. The van der Waals surface area contributed by atoms with E-state index >= 15 is 0 Å². The van der Waals surface area contributed by atoms with Crippen LogP contribution >= 0.6 is 0 Å². The van der Waals surface area contributed by atoms with Crippen molar-refractivity contribution in [3.63, 3.8) is 0 Å². The molecule has 0 fully saturated rings. The van der Waals surface area contributed by atoms with Crippen molar-refractivity contribution < 1.29 is 10.2 Å². The summed E-state index contributed by atoms with van der Waals surface area (Å²) >= 11 is 0. The number of fused-ring (bicyclic) bond motifs is 1. The summed E-state index contributed by atoms with van der Waals surface area (Å²) in [6, 6.07) is 7.57. The van der Waals surface area contributed by atoms with Crippen molar-refractivity contribution in [1.29, 1.82) is 0 Å². The molecule has 1 atom stereocenters. The summed E-state index contributed by atoms with van der Waals surface area (Å²) in [6.07, 6.45) is 3.90. The van der Waals surface area contributed by atoms with E-state index in [-0.39, 0.29) is 6.61 Å². The van der Waals surface area contributed by atoms with E-state index in [1.807, 2.05) is 24.3 Å². The van der Waals surface area contributed by atoms with Crippen LogP contribution in [0.4, 0.5) is 0 Å². The predicted octanol–water partition coefficient (Wildman–Crippen LogP) is 0.996. The topological polar surface area (TPSA) is 66.2 Å². The Kier molecular flexibility index (Phi) is 3.24. The lowest BCUT2D eigenvalue weighted by atomic mass is 10.2. The lowest BCUT2D eigenvalue weighted by Gasteiger charge is -1.99. The molecule has 1 unspecified atom stereocenters. The average molecular weight is 216 g/mol. The van der Waals surface area contributed by atoms with E-state index in [0.29, 0.717) is 5.69 Å². The van der Waals surface area contributed by atoms with E-state index in [0.717, 1.165) is 11.0 Å². The van der Waals surface area contributed by atoms with Crippen LogP contribution in [0.3, 0.4) is 0 Å². The highest BCUT2D eigenvalue weighted by atomic mass is 16.3. The molecule has 0 saturated carbocycles. The summed E-state index contributed by atoms with van der Waals surface area (Å²) in [4.78, 5) is 8.57. The molecule has 2 aromatic rings. The van der Waals surface area contributed by atoms with Gasteiger partial charge in [0.1, 0.15) is 0 Å². The van der Waals surface area contributed by atoms with Crippen LogP contribution < -0.4 is 0 Å². The van der Waals surface area contributed by atoms with Crippen molar-refractivity contribution in [2.75, 3.05) is 6.61 Å². The number of aliphatic hydroxyl groups is 2. The summed E-state index contributed by atoms with van der Waals surface area (Å²) < 4.78 is 0. The predicted molar refractivity (Wildman–Crippen MR) is 61.7 cm³/mol. The van der Waals surface area contributed by atoms with Crippen LogP contribution in [0.2, 0.25) is 0 Å². The van der Waals surface area contributed by atoms with Gasteiger partial charge in [-0.2, -0.15) is 0 Å². The van der Waals surface area contributed by atoms with Crippen molar-refractivity contribution in [3.8, 4) is 0 Å². The minimum Gasteiger partial charge on any atom is -0.393 e. The first-order valence-electron chi connectivity index (χ1n) is 4.98. The Morgan fingerprint density at radius 2 is 2.00 bits per heavy atom. The molecule has 4 heteroatoms. The van der Waals surface area contributed by atoms with Crippen LogP contribution in [-0.4, -0.2) is 32.9 Å². The SMILES string of the molecule is OCC(O)/C=C/c1cnc2ccccc2n1. The standard InChI is InChI=1S/C12H12N2O2/c15-8-10(16)6-5-9-7-13-11-3-1-2-4-12(11)14-9/h1-7,10,15-16H,8H2/b6-5+. The maximum atomic E-state index is 9.15. The Bertz CT molecular complexity index is 511. The summed E-state index contributed by atoms with van der Waals surface area (Å²) in [5, 5.41) is 17.8. The van der Waals surface area contributed by atoms with Crippen LogP contribution in [-0.2, 0) is 0 Å². The first-order valence-corrected chi connectivity index (χ1v) is 4.98. The molecule has 0 aliphatic carbocycles. The number of rotatable bonds is 3. The van der Waals surface area contributed by atoms with Gasteiger partial charge in [0.15, 0.2) is 0 Å². The molecule has 1 aromatic heterocycles. The molecule has 0 bridgehead atoms. The van der Waals surface area contributed by atoms with E-state index in [4.69, 9.17) is 10.2 Å². The van der Waals surface area contributed by atoms with Gasteiger partial charge in [0.25, 0.3) is 0 Å². The second-order valence-corrected chi connectivity index (χ2v) is 3.39. The van der Waals surface area contributed by atoms with Gasteiger partial charge in [0, 0.05) is 0 Å². The smallest absolute Gasteiger partial charge is 0.0955 e. The van der Waals surface area contributed by atoms with E-state index < -0.39 is 6.10 Å². The monoisotopic (exact) mass is 216 g/mol.